The molecule has 0 amide bonds. The highest BCUT2D eigenvalue weighted by atomic mass is 79.9. The zero-order valence-corrected chi connectivity index (χ0v) is 12.7. The first-order valence-corrected chi connectivity index (χ1v) is 7.66. The summed E-state index contributed by atoms with van der Waals surface area (Å²) >= 11 is 3.36. The molecule has 4 rings (SSSR count). The van der Waals surface area contributed by atoms with Gasteiger partial charge < -0.3 is 4.98 Å². The first kappa shape index (κ1) is 12.7. The monoisotopic (exact) mass is 341 g/mol. The number of aromatic nitrogens is 3. The van der Waals surface area contributed by atoms with Crippen molar-refractivity contribution in [3.05, 3.63) is 57.2 Å². The van der Waals surface area contributed by atoms with E-state index in [1.807, 2.05) is 30.5 Å². The van der Waals surface area contributed by atoms with Gasteiger partial charge in [-0.2, -0.15) is 0 Å². The molecule has 1 N–H and O–H groups in total. The van der Waals surface area contributed by atoms with Crippen LogP contribution in [0.5, 0.6) is 0 Å². The summed E-state index contributed by atoms with van der Waals surface area (Å²) in [4.78, 5) is 23.9. The number of hydrogen-bond acceptors (Lipinski definition) is 3. The number of aromatic amines is 1. The van der Waals surface area contributed by atoms with E-state index in [9.17, 15) is 4.79 Å². The van der Waals surface area contributed by atoms with Gasteiger partial charge in [0, 0.05) is 29.3 Å². The number of fused-ring (bicyclic) bond motifs is 1. The van der Waals surface area contributed by atoms with E-state index in [2.05, 4.69) is 30.9 Å². The lowest BCUT2D eigenvalue weighted by Gasteiger charge is -2.08. The van der Waals surface area contributed by atoms with Crippen LogP contribution in [-0.2, 0) is 0 Å². The lowest BCUT2D eigenvalue weighted by molar-refractivity contribution is 0.960. The molecule has 1 saturated carbocycles. The summed E-state index contributed by atoms with van der Waals surface area (Å²) in [5.41, 5.74) is 1.59. The van der Waals surface area contributed by atoms with E-state index >= 15 is 0 Å². The molecule has 104 valence electrons. The number of halogens is 1. The Labute approximate surface area is 129 Å². The van der Waals surface area contributed by atoms with Crippen LogP contribution in [0.4, 0.5) is 0 Å². The number of rotatable bonds is 2. The Hall–Kier alpha value is -2.01. The second kappa shape index (κ2) is 4.77. The Balaban J connectivity index is 1.99. The van der Waals surface area contributed by atoms with Gasteiger partial charge in [0.2, 0.25) is 0 Å². The molecule has 1 aromatic carbocycles. The lowest BCUT2D eigenvalue weighted by Crippen LogP contribution is -2.13. The fourth-order valence-electron chi connectivity index (χ4n) is 2.54. The van der Waals surface area contributed by atoms with Crippen LogP contribution in [0.1, 0.15) is 24.5 Å². The number of nitrogens with one attached hydrogen (secondary N) is 1. The Bertz CT molecular complexity index is 894. The third kappa shape index (κ3) is 2.17. The van der Waals surface area contributed by atoms with Gasteiger partial charge in [-0.25, -0.2) is 4.98 Å². The van der Waals surface area contributed by atoms with Crippen molar-refractivity contribution in [1.82, 2.24) is 15.0 Å². The van der Waals surface area contributed by atoms with Crippen LogP contribution in [0.3, 0.4) is 0 Å². The number of pyridine rings is 1. The van der Waals surface area contributed by atoms with Crippen molar-refractivity contribution in [2.45, 2.75) is 18.8 Å². The van der Waals surface area contributed by atoms with Crippen molar-refractivity contribution in [3.8, 4) is 11.4 Å². The summed E-state index contributed by atoms with van der Waals surface area (Å²) in [6, 6.07) is 7.97. The highest BCUT2D eigenvalue weighted by Crippen LogP contribution is 2.41. The van der Waals surface area contributed by atoms with Gasteiger partial charge in [-0.05, 0) is 34.2 Å². The van der Waals surface area contributed by atoms with Crippen LogP contribution < -0.4 is 5.56 Å². The third-order valence-electron chi connectivity index (χ3n) is 3.78. The molecule has 0 unspecified atom stereocenters. The molecule has 0 atom stereocenters. The summed E-state index contributed by atoms with van der Waals surface area (Å²) in [7, 11) is 0. The van der Waals surface area contributed by atoms with E-state index in [1.165, 1.54) is 0 Å². The average molecular weight is 342 g/mol. The molecule has 1 fully saturated rings. The summed E-state index contributed by atoms with van der Waals surface area (Å²) in [6.45, 7) is 0. The molecule has 1 aliphatic rings. The van der Waals surface area contributed by atoms with Gasteiger partial charge in [0.05, 0.1) is 5.69 Å². The molecular formula is C16H12BrN3O. The van der Waals surface area contributed by atoms with Crippen LogP contribution in [0.15, 0.2) is 45.9 Å². The quantitative estimate of drug-likeness (QED) is 0.774. The molecular weight excluding hydrogens is 330 g/mol. The Morgan fingerprint density at radius 1 is 1.19 bits per heavy atom. The number of benzene rings is 1. The third-order valence-corrected chi connectivity index (χ3v) is 4.54. The topological polar surface area (TPSA) is 58.6 Å². The molecule has 0 bridgehead atoms. The Kier molecular flexibility index (Phi) is 2.89. The van der Waals surface area contributed by atoms with Crippen molar-refractivity contribution in [2.24, 2.45) is 0 Å². The smallest absolute Gasteiger partial charge is 0.265 e. The molecule has 5 heteroatoms. The van der Waals surface area contributed by atoms with Gasteiger partial charge in [-0.15, -0.1) is 0 Å². The molecule has 2 heterocycles. The van der Waals surface area contributed by atoms with E-state index in [4.69, 9.17) is 0 Å². The SMILES string of the molecule is O=c1[nH]c(-c2cncc3ccccc23)nc(C2CC2)c1Br. The maximum absolute atomic E-state index is 12.1. The molecule has 4 nitrogen and oxygen atoms in total. The maximum atomic E-state index is 12.1. The van der Waals surface area contributed by atoms with Crippen LogP contribution in [0, 0.1) is 0 Å². The van der Waals surface area contributed by atoms with Gasteiger partial charge in [-0.3, -0.25) is 9.78 Å². The van der Waals surface area contributed by atoms with Crippen molar-refractivity contribution in [1.29, 1.82) is 0 Å². The van der Waals surface area contributed by atoms with E-state index in [1.54, 1.807) is 6.20 Å². The standard InChI is InChI=1S/C16H12BrN3O/c17-13-14(9-5-6-9)19-15(20-16(13)21)12-8-18-7-10-3-1-2-4-11(10)12/h1-4,7-9H,5-6H2,(H,19,20,21). The summed E-state index contributed by atoms with van der Waals surface area (Å²) in [6.07, 6.45) is 5.77. The van der Waals surface area contributed by atoms with Crippen molar-refractivity contribution in [2.75, 3.05) is 0 Å². The van der Waals surface area contributed by atoms with Crippen molar-refractivity contribution in [3.63, 3.8) is 0 Å². The van der Waals surface area contributed by atoms with E-state index in [-0.39, 0.29) is 5.56 Å². The first-order valence-electron chi connectivity index (χ1n) is 6.87. The van der Waals surface area contributed by atoms with Crippen LogP contribution in [0.25, 0.3) is 22.2 Å². The zero-order valence-electron chi connectivity index (χ0n) is 11.1. The van der Waals surface area contributed by atoms with E-state index in [0.29, 0.717) is 16.2 Å². The second-order valence-corrected chi connectivity index (χ2v) is 6.09. The lowest BCUT2D eigenvalue weighted by atomic mass is 10.1. The van der Waals surface area contributed by atoms with Gasteiger partial charge in [0.25, 0.3) is 5.56 Å². The molecule has 0 spiro atoms. The highest BCUT2D eigenvalue weighted by molar-refractivity contribution is 9.10. The minimum absolute atomic E-state index is 0.130. The number of H-pyrrole nitrogens is 1. The number of hydrogen-bond donors (Lipinski definition) is 1. The van der Waals surface area contributed by atoms with Crippen LogP contribution in [0.2, 0.25) is 0 Å². The number of nitrogens with zero attached hydrogens (tertiary/aromatic N) is 2. The molecule has 2 aromatic heterocycles. The molecule has 21 heavy (non-hydrogen) atoms. The largest absolute Gasteiger partial charge is 0.305 e. The average Bonchev–Trinajstić information content (AvgIpc) is 3.34. The first-order chi connectivity index (χ1) is 10.2. The fourth-order valence-corrected chi connectivity index (χ4v) is 3.05. The Morgan fingerprint density at radius 3 is 2.81 bits per heavy atom. The highest BCUT2D eigenvalue weighted by Gasteiger charge is 2.29. The summed E-state index contributed by atoms with van der Waals surface area (Å²) < 4.78 is 0.557. The van der Waals surface area contributed by atoms with Crippen LogP contribution in [-0.4, -0.2) is 15.0 Å². The van der Waals surface area contributed by atoms with Crippen LogP contribution >= 0.6 is 15.9 Å². The summed E-state index contributed by atoms with van der Waals surface area (Å²) in [5.74, 6) is 0.998. The van der Waals surface area contributed by atoms with Gasteiger partial charge >= 0.3 is 0 Å². The maximum Gasteiger partial charge on any atom is 0.265 e. The van der Waals surface area contributed by atoms with Crippen molar-refractivity contribution >= 4 is 26.7 Å². The molecule has 0 aliphatic heterocycles. The van der Waals surface area contributed by atoms with Gasteiger partial charge in [0.1, 0.15) is 10.3 Å². The van der Waals surface area contributed by atoms with Gasteiger partial charge in [-0.1, -0.05) is 24.3 Å². The normalized spacial score (nSPS) is 14.5. The molecule has 3 aromatic rings. The molecule has 1 aliphatic carbocycles. The predicted octanol–water partition coefficient (Wildman–Crippen LogP) is 3.63. The minimum Gasteiger partial charge on any atom is -0.305 e. The van der Waals surface area contributed by atoms with E-state index in [0.717, 1.165) is 34.9 Å². The minimum atomic E-state index is -0.130. The van der Waals surface area contributed by atoms with Crippen molar-refractivity contribution < 1.29 is 0 Å². The predicted molar refractivity (Wildman–Crippen MR) is 85.3 cm³/mol. The zero-order chi connectivity index (χ0) is 14.4. The fraction of sp³-hybridized carbons (Fsp3) is 0.188. The van der Waals surface area contributed by atoms with E-state index < -0.39 is 0 Å². The molecule has 0 saturated heterocycles. The summed E-state index contributed by atoms with van der Waals surface area (Å²) in [5, 5.41) is 2.08. The Morgan fingerprint density at radius 2 is 2.00 bits per heavy atom. The molecule has 0 radical (unpaired) electrons. The second-order valence-electron chi connectivity index (χ2n) is 5.30. The van der Waals surface area contributed by atoms with Gasteiger partial charge in [0.15, 0.2) is 0 Å².